The summed E-state index contributed by atoms with van der Waals surface area (Å²) in [6.45, 7) is 6.47. The fourth-order valence-electron chi connectivity index (χ4n) is 2.66. The third kappa shape index (κ3) is 5.88. The fraction of sp³-hybridized carbons (Fsp3) is 0.381. The molecule has 146 valence electrons. The maximum atomic E-state index is 11.3. The highest BCUT2D eigenvalue weighted by Crippen LogP contribution is 2.34. The van der Waals surface area contributed by atoms with Crippen molar-refractivity contribution in [2.75, 3.05) is 7.11 Å². The van der Waals surface area contributed by atoms with Crippen molar-refractivity contribution in [2.24, 2.45) is 5.92 Å². The van der Waals surface area contributed by atoms with Gasteiger partial charge in [-0.1, -0.05) is 55.3 Å². The first-order valence-corrected chi connectivity index (χ1v) is 9.20. The first-order valence-electron chi connectivity index (χ1n) is 8.82. The molecule has 27 heavy (non-hydrogen) atoms. The molecule has 0 aromatic heterocycles. The second-order valence-electron chi connectivity index (χ2n) is 6.81. The van der Waals surface area contributed by atoms with E-state index < -0.39 is 12.0 Å². The van der Waals surface area contributed by atoms with Gasteiger partial charge in [0, 0.05) is 17.6 Å². The Morgan fingerprint density at radius 3 is 2.41 bits per heavy atom. The minimum Gasteiger partial charge on any atom is -0.493 e. The van der Waals surface area contributed by atoms with Gasteiger partial charge in [0.05, 0.1) is 7.11 Å². The molecule has 0 amide bonds. The topological polar surface area (TPSA) is 67.8 Å². The zero-order valence-electron chi connectivity index (χ0n) is 16.1. The predicted octanol–water partition coefficient (Wildman–Crippen LogP) is 4.43. The molecule has 6 heteroatoms. The van der Waals surface area contributed by atoms with Gasteiger partial charge < -0.3 is 19.9 Å². The van der Waals surface area contributed by atoms with Crippen LogP contribution >= 0.6 is 11.6 Å². The van der Waals surface area contributed by atoms with Crippen LogP contribution in [0.3, 0.4) is 0 Å². The van der Waals surface area contributed by atoms with Crippen LogP contribution in [-0.2, 0) is 17.9 Å². The third-order valence-electron chi connectivity index (χ3n) is 4.29. The minimum absolute atomic E-state index is 0.0414. The summed E-state index contributed by atoms with van der Waals surface area (Å²) in [5.74, 6) is 0.177. The molecule has 0 aliphatic carbocycles. The van der Waals surface area contributed by atoms with Gasteiger partial charge in [-0.05, 0) is 30.0 Å². The van der Waals surface area contributed by atoms with Gasteiger partial charge in [0.1, 0.15) is 12.6 Å². The van der Waals surface area contributed by atoms with Crippen LogP contribution in [0.2, 0.25) is 5.02 Å². The van der Waals surface area contributed by atoms with Crippen molar-refractivity contribution in [1.82, 2.24) is 5.32 Å². The lowest BCUT2D eigenvalue weighted by molar-refractivity contribution is -0.140. The molecule has 0 saturated carbocycles. The minimum atomic E-state index is -0.883. The van der Waals surface area contributed by atoms with Gasteiger partial charge in [0.15, 0.2) is 11.5 Å². The van der Waals surface area contributed by atoms with Crippen molar-refractivity contribution in [3.8, 4) is 11.5 Å². The Morgan fingerprint density at radius 2 is 1.85 bits per heavy atom. The second kappa shape index (κ2) is 9.62. The quantitative estimate of drug-likeness (QED) is 0.661. The van der Waals surface area contributed by atoms with Crippen LogP contribution in [0.15, 0.2) is 36.4 Å². The number of carbonyl (C=O) groups is 1. The number of carboxylic acid groups (broad SMARTS) is 1. The average molecular weight is 392 g/mol. The van der Waals surface area contributed by atoms with Crippen LogP contribution in [0.5, 0.6) is 11.5 Å². The Labute approximate surface area is 165 Å². The van der Waals surface area contributed by atoms with E-state index in [1.165, 1.54) is 5.56 Å². The molecule has 0 spiro atoms. The van der Waals surface area contributed by atoms with Crippen LogP contribution in [-0.4, -0.2) is 24.2 Å². The number of nitrogens with one attached hydrogen (secondary N) is 1. The van der Waals surface area contributed by atoms with Crippen molar-refractivity contribution >= 4 is 17.6 Å². The van der Waals surface area contributed by atoms with Gasteiger partial charge >= 0.3 is 5.97 Å². The Balaban J connectivity index is 2.11. The number of rotatable bonds is 9. The number of ether oxygens (including phenoxy) is 2. The molecule has 2 aromatic carbocycles. The molecule has 1 atom stereocenters. The van der Waals surface area contributed by atoms with E-state index in [1.54, 1.807) is 19.2 Å². The third-order valence-corrected chi connectivity index (χ3v) is 4.64. The molecule has 0 radical (unpaired) electrons. The predicted molar refractivity (Wildman–Crippen MR) is 107 cm³/mol. The zero-order chi connectivity index (χ0) is 20.0. The van der Waals surface area contributed by atoms with Crippen LogP contribution in [0, 0.1) is 12.8 Å². The highest BCUT2D eigenvalue weighted by Gasteiger charge is 2.21. The Kier molecular flexibility index (Phi) is 7.51. The van der Waals surface area contributed by atoms with Crippen LogP contribution in [0.25, 0.3) is 0 Å². The average Bonchev–Trinajstić information content (AvgIpc) is 2.62. The Morgan fingerprint density at radius 1 is 1.19 bits per heavy atom. The summed E-state index contributed by atoms with van der Waals surface area (Å²) in [5, 5.41) is 12.8. The van der Waals surface area contributed by atoms with Gasteiger partial charge in [-0.2, -0.15) is 0 Å². The number of aliphatic carboxylic acids is 1. The fourth-order valence-corrected chi connectivity index (χ4v) is 2.88. The number of hydrogen-bond donors (Lipinski definition) is 2. The van der Waals surface area contributed by atoms with Gasteiger partial charge in [-0.15, -0.1) is 0 Å². The highest BCUT2D eigenvalue weighted by molar-refractivity contribution is 6.31. The van der Waals surface area contributed by atoms with Crippen molar-refractivity contribution in [1.29, 1.82) is 0 Å². The molecule has 0 aliphatic heterocycles. The lowest BCUT2D eigenvalue weighted by atomic mass is 10.0. The standard InChI is InChI=1S/C21H26ClNO4/c1-13(2)20(21(24)25)23-11-16-9-18(26-4)19(10-17(16)22)27-12-15-7-5-14(3)6-8-15/h5-10,13,20,23H,11-12H2,1-4H3,(H,24,25). The number of aryl methyl sites for hydroxylation is 1. The lowest BCUT2D eigenvalue weighted by Gasteiger charge is -2.19. The smallest absolute Gasteiger partial charge is 0.320 e. The van der Waals surface area contributed by atoms with E-state index in [-0.39, 0.29) is 5.92 Å². The summed E-state index contributed by atoms with van der Waals surface area (Å²) in [7, 11) is 1.56. The molecule has 0 bridgehead atoms. The first kappa shape index (κ1) is 21.1. The Bertz CT molecular complexity index is 774. The van der Waals surface area contributed by atoms with E-state index >= 15 is 0 Å². The van der Waals surface area contributed by atoms with E-state index in [2.05, 4.69) is 5.32 Å². The normalized spacial score (nSPS) is 12.1. The largest absolute Gasteiger partial charge is 0.493 e. The van der Waals surface area contributed by atoms with Gasteiger partial charge in [-0.3, -0.25) is 4.79 Å². The molecule has 1 unspecified atom stereocenters. The molecule has 2 rings (SSSR count). The number of halogens is 1. The second-order valence-corrected chi connectivity index (χ2v) is 7.22. The van der Waals surface area contributed by atoms with E-state index in [4.69, 9.17) is 21.1 Å². The Hall–Kier alpha value is -2.24. The lowest BCUT2D eigenvalue weighted by Crippen LogP contribution is -2.40. The summed E-state index contributed by atoms with van der Waals surface area (Å²) >= 11 is 6.38. The summed E-state index contributed by atoms with van der Waals surface area (Å²) in [6, 6.07) is 10.9. The molecule has 0 heterocycles. The van der Waals surface area contributed by atoms with Crippen molar-refractivity contribution in [3.63, 3.8) is 0 Å². The molecule has 0 fully saturated rings. The number of carboxylic acids is 1. The molecule has 5 nitrogen and oxygen atoms in total. The SMILES string of the molecule is COc1cc(CNC(C(=O)O)C(C)C)c(Cl)cc1OCc1ccc(C)cc1. The number of benzene rings is 2. The monoisotopic (exact) mass is 391 g/mol. The molecule has 2 N–H and O–H groups in total. The van der Waals surface area contributed by atoms with Gasteiger partial charge in [0.25, 0.3) is 0 Å². The van der Waals surface area contributed by atoms with Gasteiger partial charge in [-0.25, -0.2) is 0 Å². The van der Waals surface area contributed by atoms with Crippen LogP contribution in [0.1, 0.15) is 30.5 Å². The van der Waals surface area contributed by atoms with E-state index in [0.29, 0.717) is 29.7 Å². The maximum absolute atomic E-state index is 11.3. The molecular weight excluding hydrogens is 366 g/mol. The van der Waals surface area contributed by atoms with Crippen molar-refractivity contribution in [2.45, 2.75) is 40.0 Å². The zero-order valence-corrected chi connectivity index (χ0v) is 16.8. The number of methoxy groups -OCH3 is 1. The maximum Gasteiger partial charge on any atom is 0.320 e. The van der Waals surface area contributed by atoms with Crippen molar-refractivity contribution < 1.29 is 19.4 Å². The van der Waals surface area contributed by atoms with E-state index in [9.17, 15) is 9.90 Å². The summed E-state index contributed by atoms with van der Waals surface area (Å²) in [6.07, 6.45) is 0. The molecular formula is C21H26ClNO4. The molecule has 2 aromatic rings. The van der Waals surface area contributed by atoms with Crippen molar-refractivity contribution in [3.05, 3.63) is 58.1 Å². The number of hydrogen-bond acceptors (Lipinski definition) is 4. The highest BCUT2D eigenvalue weighted by atomic mass is 35.5. The van der Waals surface area contributed by atoms with Gasteiger partial charge in [0.2, 0.25) is 0 Å². The van der Waals surface area contributed by atoms with Crippen LogP contribution < -0.4 is 14.8 Å². The summed E-state index contributed by atoms with van der Waals surface area (Å²) in [5.41, 5.74) is 2.99. The molecule has 0 saturated heterocycles. The summed E-state index contributed by atoms with van der Waals surface area (Å²) < 4.78 is 11.3. The molecule has 0 aliphatic rings. The van der Waals surface area contributed by atoms with E-state index in [1.807, 2.05) is 45.0 Å². The first-order chi connectivity index (χ1) is 12.8. The summed E-state index contributed by atoms with van der Waals surface area (Å²) in [4.78, 5) is 11.3. The van der Waals surface area contributed by atoms with E-state index in [0.717, 1.165) is 11.1 Å². The van der Waals surface area contributed by atoms with Crippen LogP contribution in [0.4, 0.5) is 0 Å².